The Morgan fingerprint density at radius 2 is 1.62 bits per heavy atom. The van der Waals surface area contributed by atoms with Gasteiger partial charge in [-0.2, -0.15) is 0 Å². The van der Waals surface area contributed by atoms with Gasteiger partial charge in [0.2, 0.25) is 0 Å². The lowest BCUT2D eigenvalue weighted by Gasteiger charge is -2.35. The third-order valence-electron chi connectivity index (χ3n) is 3.43. The lowest BCUT2D eigenvalue weighted by molar-refractivity contribution is 0.0250. The summed E-state index contributed by atoms with van der Waals surface area (Å²) in [4.78, 5) is 2.60. The Morgan fingerprint density at radius 1 is 1.00 bits per heavy atom. The van der Waals surface area contributed by atoms with Gasteiger partial charge in [0.25, 0.3) is 0 Å². The van der Waals surface area contributed by atoms with Crippen molar-refractivity contribution in [1.29, 1.82) is 0 Å². The summed E-state index contributed by atoms with van der Waals surface area (Å²) in [7, 11) is 0. The standard InChI is InChI=1S/C11H21NO/c13-11-7-10(8-11)9-12-5-3-1-2-4-6-12/h10-11,13H,1-9H2. The molecule has 0 atom stereocenters. The van der Waals surface area contributed by atoms with Gasteiger partial charge in [0.05, 0.1) is 6.10 Å². The third-order valence-corrected chi connectivity index (χ3v) is 3.43. The molecule has 0 aromatic rings. The molecule has 76 valence electrons. The number of aliphatic hydroxyl groups excluding tert-OH is 1. The van der Waals surface area contributed by atoms with Crippen LogP contribution in [0.25, 0.3) is 0 Å². The molecular weight excluding hydrogens is 162 g/mol. The van der Waals surface area contributed by atoms with Crippen molar-refractivity contribution in [3.05, 3.63) is 0 Å². The number of nitrogens with zero attached hydrogens (tertiary/aromatic N) is 1. The first-order chi connectivity index (χ1) is 6.34. The number of aliphatic hydroxyl groups is 1. The van der Waals surface area contributed by atoms with Gasteiger partial charge in [-0.05, 0) is 44.7 Å². The minimum atomic E-state index is 0.0250. The van der Waals surface area contributed by atoms with Gasteiger partial charge in [0.1, 0.15) is 0 Å². The lowest BCUT2D eigenvalue weighted by Crippen LogP contribution is -2.39. The van der Waals surface area contributed by atoms with E-state index in [2.05, 4.69) is 4.90 Å². The topological polar surface area (TPSA) is 23.5 Å². The van der Waals surface area contributed by atoms with Crippen LogP contribution in [0.2, 0.25) is 0 Å². The van der Waals surface area contributed by atoms with Crippen molar-refractivity contribution in [2.45, 2.75) is 44.6 Å². The Hall–Kier alpha value is -0.0800. The highest BCUT2D eigenvalue weighted by Crippen LogP contribution is 2.28. The predicted molar refractivity (Wildman–Crippen MR) is 53.6 cm³/mol. The van der Waals surface area contributed by atoms with E-state index in [1.807, 2.05) is 0 Å². The van der Waals surface area contributed by atoms with Crippen LogP contribution in [0.5, 0.6) is 0 Å². The molecule has 1 saturated heterocycles. The zero-order valence-electron chi connectivity index (χ0n) is 8.41. The van der Waals surface area contributed by atoms with Crippen molar-refractivity contribution < 1.29 is 5.11 Å². The van der Waals surface area contributed by atoms with E-state index in [1.165, 1.54) is 45.3 Å². The quantitative estimate of drug-likeness (QED) is 0.703. The van der Waals surface area contributed by atoms with Gasteiger partial charge in [-0.25, -0.2) is 0 Å². The van der Waals surface area contributed by atoms with E-state index in [9.17, 15) is 5.11 Å². The fraction of sp³-hybridized carbons (Fsp3) is 1.00. The first kappa shape index (κ1) is 9.47. The summed E-state index contributed by atoms with van der Waals surface area (Å²) in [5, 5.41) is 9.18. The Labute approximate surface area is 80.9 Å². The summed E-state index contributed by atoms with van der Waals surface area (Å²) >= 11 is 0. The first-order valence-corrected chi connectivity index (χ1v) is 5.75. The Kier molecular flexibility index (Phi) is 3.23. The van der Waals surface area contributed by atoms with Crippen molar-refractivity contribution in [1.82, 2.24) is 4.90 Å². The normalized spacial score (nSPS) is 36.7. The predicted octanol–water partition coefficient (Wildman–Crippen LogP) is 1.63. The van der Waals surface area contributed by atoms with E-state index in [-0.39, 0.29) is 6.10 Å². The van der Waals surface area contributed by atoms with E-state index in [1.54, 1.807) is 0 Å². The second-order valence-corrected chi connectivity index (χ2v) is 4.71. The molecule has 0 aromatic heterocycles. The number of hydrogen-bond donors (Lipinski definition) is 1. The highest BCUT2D eigenvalue weighted by molar-refractivity contribution is 4.81. The smallest absolute Gasteiger partial charge is 0.0546 e. The fourth-order valence-electron chi connectivity index (χ4n) is 2.53. The number of rotatable bonds is 2. The van der Waals surface area contributed by atoms with Crippen LogP contribution in [0.15, 0.2) is 0 Å². The van der Waals surface area contributed by atoms with Crippen LogP contribution in [-0.4, -0.2) is 35.7 Å². The maximum atomic E-state index is 9.18. The van der Waals surface area contributed by atoms with E-state index in [4.69, 9.17) is 0 Å². The molecule has 0 radical (unpaired) electrons. The van der Waals surface area contributed by atoms with Crippen LogP contribution in [0.4, 0.5) is 0 Å². The summed E-state index contributed by atoms with van der Waals surface area (Å²) in [6.07, 6.45) is 7.74. The molecule has 2 rings (SSSR count). The molecule has 0 unspecified atom stereocenters. The molecule has 1 aliphatic heterocycles. The number of likely N-dealkylation sites (tertiary alicyclic amines) is 1. The van der Waals surface area contributed by atoms with Gasteiger partial charge >= 0.3 is 0 Å². The van der Waals surface area contributed by atoms with Crippen molar-refractivity contribution in [3.8, 4) is 0 Å². The SMILES string of the molecule is OC1CC(CN2CCCCCC2)C1. The van der Waals surface area contributed by atoms with Crippen molar-refractivity contribution in [2.75, 3.05) is 19.6 Å². The van der Waals surface area contributed by atoms with Gasteiger partial charge in [0, 0.05) is 6.54 Å². The van der Waals surface area contributed by atoms with E-state index >= 15 is 0 Å². The van der Waals surface area contributed by atoms with Crippen LogP contribution < -0.4 is 0 Å². The summed E-state index contributed by atoms with van der Waals surface area (Å²) in [5.74, 6) is 0.799. The van der Waals surface area contributed by atoms with Gasteiger partial charge in [-0.1, -0.05) is 12.8 Å². The number of hydrogen-bond acceptors (Lipinski definition) is 2. The Balaban J connectivity index is 1.67. The molecule has 2 heteroatoms. The summed E-state index contributed by atoms with van der Waals surface area (Å²) in [5.41, 5.74) is 0. The fourth-order valence-corrected chi connectivity index (χ4v) is 2.53. The maximum Gasteiger partial charge on any atom is 0.0546 e. The molecule has 1 saturated carbocycles. The van der Waals surface area contributed by atoms with Gasteiger partial charge in [-0.15, -0.1) is 0 Å². The first-order valence-electron chi connectivity index (χ1n) is 5.75. The average molecular weight is 183 g/mol. The highest BCUT2D eigenvalue weighted by atomic mass is 16.3. The zero-order chi connectivity index (χ0) is 9.10. The molecule has 0 amide bonds. The molecule has 0 aromatic carbocycles. The molecule has 2 fully saturated rings. The van der Waals surface area contributed by atoms with E-state index < -0.39 is 0 Å². The van der Waals surface area contributed by atoms with Crippen LogP contribution in [0.1, 0.15) is 38.5 Å². The largest absolute Gasteiger partial charge is 0.393 e. The van der Waals surface area contributed by atoms with Crippen LogP contribution >= 0.6 is 0 Å². The van der Waals surface area contributed by atoms with Crippen molar-refractivity contribution in [3.63, 3.8) is 0 Å². The molecule has 0 bridgehead atoms. The Bertz CT molecular complexity index is 146. The van der Waals surface area contributed by atoms with Crippen LogP contribution in [0.3, 0.4) is 0 Å². The molecular formula is C11H21NO. The molecule has 1 aliphatic carbocycles. The van der Waals surface area contributed by atoms with E-state index in [0.717, 1.165) is 18.8 Å². The maximum absolute atomic E-state index is 9.18. The molecule has 2 aliphatic rings. The summed E-state index contributed by atoms with van der Waals surface area (Å²) in [6.45, 7) is 3.84. The Morgan fingerprint density at radius 3 is 2.15 bits per heavy atom. The zero-order valence-corrected chi connectivity index (χ0v) is 8.41. The van der Waals surface area contributed by atoms with Gasteiger partial charge < -0.3 is 10.0 Å². The van der Waals surface area contributed by atoms with Crippen molar-refractivity contribution >= 4 is 0 Å². The monoisotopic (exact) mass is 183 g/mol. The van der Waals surface area contributed by atoms with E-state index in [0.29, 0.717) is 0 Å². The van der Waals surface area contributed by atoms with Gasteiger partial charge in [0.15, 0.2) is 0 Å². The summed E-state index contributed by atoms with van der Waals surface area (Å²) in [6, 6.07) is 0. The highest BCUT2D eigenvalue weighted by Gasteiger charge is 2.28. The average Bonchev–Trinajstić information content (AvgIpc) is 2.30. The van der Waals surface area contributed by atoms with Crippen molar-refractivity contribution in [2.24, 2.45) is 5.92 Å². The second kappa shape index (κ2) is 4.43. The minimum absolute atomic E-state index is 0.0250. The molecule has 13 heavy (non-hydrogen) atoms. The third kappa shape index (κ3) is 2.68. The lowest BCUT2D eigenvalue weighted by atomic mass is 9.82. The molecule has 0 spiro atoms. The van der Waals surface area contributed by atoms with Gasteiger partial charge in [-0.3, -0.25) is 0 Å². The minimum Gasteiger partial charge on any atom is -0.393 e. The second-order valence-electron chi connectivity index (χ2n) is 4.71. The summed E-state index contributed by atoms with van der Waals surface area (Å²) < 4.78 is 0. The molecule has 2 nitrogen and oxygen atoms in total. The molecule has 1 N–H and O–H groups in total. The van der Waals surface area contributed by atoms with Crippen LogP contribution in [-0.2, 0) is 0 Å². The van der Waals surface area contributed by atoms with Crippen LogP contribution in [0, 0.1) is 5.92 Å². The molecule has 1 heterocycles.